The molecule has 9 heteroatoms. The Bertz CT molecular complexity index is 911. The quantitative estimate of drug-likeness (QED) is 0.563. The summed E-state index contributed by atoms with van der Waals surface area (Å²) in [6.07, 6.45) is 0. The van der Waals surface area contributed by atoms with Gasteiger partial charge in [0.05, 0.1) is 17.6 Å². The normalized spacial score (nSPS) is 11.0. The lowest BCUT2D eigenvalue weighted by molar-refractivity contribution is 0.0596. The Labute approximate surface area is 153 Å². The fourth-order valence-electron chi connectivity index (χ4n) is 1.95. The molecular weight excluding hydrogens is 412 g/mol. The predicted octanol–water partition coefficient (Wildman–Crippen LogP) is 2.17. The van der Waals surface area contributed by atoms with Crippen molar-refractivity contribution in [1.82, 2.24) is 10.3 Å². The summed E-state index contributed by atoms with van der Waals surface area (Å²) in [5.41, 5.74) is 3.21. The molecule has 0 bridgehead atoms. The standard InChI is InChI=1S/C16H15BrN2O5S/c1-10-3-5-11(6-4-10)15(20)18-19-25(22,23)14-8-7-12(17)9-13(14)16(21)24-2/h3-9,19H,1-2H3,(H,18,20). The number of rotatable bonds is 5. The van der Waals surface area contributed by atoms with Gasteiger partial charge in [0.15, 0.2) is 0 Å². The lowest BCUT2D eigenvalue weighted by Crippen LogP contribution is -2.42. The summed E-state index contributed by atoms with van der Waals surface area (Å²) in [5.74, 6) is -1.44. The topological polar surface area (TPSA) is 102 Å². The first-order valence-corrected chi connectivity index (χ1v) is 9.29. The first-order chi connectivity index (χ1) is 11.7. The first kappa shape index (κ1) is 19.1. The highest BCUT2D eigenvalue weighted by Crippen LogP contribution is 2.21. The number of ether oxygens (including phenoxy) is 1. The Kier molecular flexibility index (Phi) is 5.93. The molecule has 0 aromatic heterocycles. The maximum Gasteiger partial charge on any atom is 0.339 e. The SMILES string of the molecule is COC(=O)c1cc(Br)ccc1S(=O)(=O)NNC(=O)c1ccc(C)cc1. The third-order valence-electron chi connectivity index (χ3n) is 3.25. The van der Waals surface area contributed by atoms with Gasteiger partial charge >= 0.3 is 5.97 Å². The molecule has 2 aromatic carbocycles. The Morgan fingerprint density at radius 1 is 1.08 bits per heavy atom. The highest BCUT2D eigenvalue weighted by atomic mass is 79.9. The summed E-state index contributed by atoms with van der Waals surface area (Å²) in [7, 11) is -3.03. The molecular formula is C16H15BrN2O5S. The van der Waals surface area contributed by atoms with E-state index in [4.69, 9.17) is 0 Å². The van der Waals surface area contributed by atoms with Crippen LogP contribution in [0, 0.1) is 6.92 Å². The summed E-state index contributed by atoms with van der Waals surface area (Å²) >= 11 is 3.17. The van der Waals surface area contributed by atoms with Crippen LogP contribution in [0.4, 0.5) is 0 Å². The van der Waals surface area contributed by atoms with Crippen LogP contribution in [0.1, 0.15) is 26.3 Å². The Hall–Kier alpha value is -2.23. The Morgan fingerprint density at radius 3 is 2.32 bits per heavy atom. The van der Waals surface area contributed by atoms with Gasteiger partial charge in [0.25, 0.3) is 15.9 Å². The van der Waals surface area contributed by atoms with Crippen LogP contribution in [0.3, 0.4) is 0 Å². The van der Waals surface area contributed by atoms with Gasteiger partial charge in [0.1, 0.15) is 0 Å². The third-order valence-corrected chi connectivity index (χ3v) is 5.05. The molecule has 0 aliphatic rings. The minimum absolute atomic E-state index is 0.158. The smallest absolute Gasteiger partial charge is 0.339 e. The number of sulfonamides is 1. The van der Waals surface area contributed by atoms with Gasteiger partial charge in [-0.25, -0.2) is 13.2 Å². The average Bonchev–Trinajstić information content (AvgIpc) is 2.59. The maximum absolute atomic E-state index is 12.4. The second kappa shape index (κ2) is 7.77. The predicted molar refractivity (Wildman–Crippen MR) is 94.4 cm³/mol. The van der Waals surface area contributed by atoms with Crippen molar-refractivity contribution in [2.75, 3.05) is 7.11 Å². The van der Waals surface area contributed by atoms with E-state index in [1.165, 1.54) is 18.2 Å². The van der Waals surface area contributed by atoms with Crippen LogP contribution in [0.15, 0.2) is 51.8 Å². The largest absolute Gasteiger partial charge is 0.465 e. The molecule has 0 spiro atoms. The number of hydrazine groups is 1. The zero-order chi connectivity index (χ0) is 18.6. The molecule has 0 fully saturated rings. The molecule has 0 aliphatic heterocycles. The lowest BCUT2D eigenvalue weighted by atomic mass is 10.1. The number of carbonyl (C=O) groups is 2. The Morgan fingerprint density at radius 2 is 1.72 bits per heavy atom. The lowest BCUT2D eigenvalue weighted by Gasteiger charge is -2.12. The number of amides is 1. The molecule has 0 saturated heterocycles. The van der Waals surface area contributed by atoms with Gasteiger partial charge in [-0.1, -0.05) is 33.6 Å². The highest BCUT2D eigenvalue weighted by molar-refractivity contribution is 9.10. The zero-order valence-electron chi connectivity index (χ0n) is 13.4. The van der Waals surface area contributed by atoms with E-state index in [2.05, 4.69) is 26.1 Å². The van der Waals surface area contributed by atoms with Gasteiger partial charge in [-0.3, -0.25) is 10.2 Å². The monoisotopic (exact) mass is 426 g/mol. The average molecular weight is 427 g/mol. The van der Waals surface area contributed by atoms with E-state index in [0.717, 1.165) is 12.7 Å². The van der Waals surface area contributed by atoms with Crippen molar-refractivity contribution in [3.63, 3.8) is 0 Å². The number of halogens is 1. The summed E-state index contributed by atoms with van der Waals surface area (Å²) in [6, 6.07) is 10.6. The van der Waals surface area contributed by atoms with E-state index in [1.54, 1.807) is 24.3 Å². The highest BCUT2D eigenvalue weighted by Gasteiger charge is 2.24. The molecule has 2 N–H and O–H groups in total. The van der Waals surface area contributed by atoms with Crippen molar-refractivity contribution in [3.05, 3.63) is 63.6 Å². The molecule has 1 amide bonds. The molecule has 0 unspecified atom stereocenters. The third kappa shape index (κ3) is 4.65. The van der Waals surface area contributed by atoms with Crippen LogP contribution >= 0.6 is 15.9 Å². The van der Waals surface area contributed by atoms with Gasteiger partial charge in [0, 0.05) is 10.0 Å². The molecule has 132 valence electrons. The molecule has 0 atom stereocenters. The number of esters is 1. The van der Waals surface area contributed by atoms with Gasteiger partial charge in [-0.2, -0.15) is 0 Å². The van der Waals surface area contributed by atoms with Crippen LogP contribution in [0.5, 0.6) is 0 Å². The number of nitrogens with one attached hydrogen (secondary N) is 2. The molecule has 0 aliphatic carbocycles. The van der Waals surface area contributed by atoms with Crippen molar-refractivity contribution in [3.8, 4) is 0 Å². The molecule has 2 aromatic rings. The number of aryl methyl sites for hydroxylation is 1. The molecule has 7 nitrogen and oxygen atoms in total. The van der Waals surface area contributed by atoms with Crippen LogP contribution in [0.25, 0.3) is 0 Å². The number of hydrogen-bond acceptors (Lipinski definition) is 5. The van der Waals surface area contributed by atoms with Gasteiger partial charge in [0.2, 0.25) is 0 Å². The summed E-state index contributed by atoms with van der Waals surface area (Å²) in [5, 5.41) is 0. The van der Waals surface area contributed by atoms with Crippen LogP contribution in [-0.2, 0) is 14.8 Å². The van der Waals surface area contributed by atoms with E-state index in [-0.39, 0.29) is 16.0 Å². The van der Waals surface area contributed by atoms with Gasteiger partial charge < -0.3 is 4.74 Å². The van der Waals surface area contributed by atoms with Crippen molar-refractivity contribution < 1.29 is 22.7 Å². The fraction of sp³-hybridized carbons (Fsp3) is 0.125. The van der Waals surface area contributed by atoms with Crippen LogP contribution in [0.2, 0.25) is 0 Å². The van der Waals surface area contributed by atoms with Crippen molar-refractivity contribution in [1.29, 1.82) is 0 Å². The maximum atomic E-state index is 12.4. The van der Waals surface area contributed by atoms with Gasteiger partial charge in [-0.05, 0) is 37.3 Å². The first-order valence-electron chi connectivity index (χ1n) is 7.01. The van der Waals surface area contributed by atoms with E-state index < -0.39 is 21.9 Å². The minimum Gasteiger partial charge on any atom is -0.465 e. The van der Waals surface area contributed by atoms with Crippen molar-refractivity contribution >= 4 is 37.8 Å². The Balaban J connectivity index is 2.23. The number of hydrogen-bond donors (Lipinski definition) is 2. The molecule has 0 heterocycles. The molecule has 0 radical (unpaired) electrons. The van der Waals surface area contributed by atoms with Crippen molar-refractivity contribution in [2.24, 2.45) is 0 Å². The molecule has 25 heavy (non-hydrogen) atoms. The number of benzene rings is 2. The van der Waals surface area contributed by atoms with E-state index in [1.807, 2.05) is 11.8 Å². The van der Waals surface area contributed by atoms with E-state index in [9.17, 15) is 18.0 Å². The van der Waals surface area contributed by atoms with E-state index >= 15 is 0 Å². The second-order valence-corrected chi connectivity index (χ2v) is 7.62. The fourth-order valence-corrected chi connectivity index (χ4v) is 3.33. The zero-order valence-corrected chi connectivity index (χ0v) is 15.8. The van der Waals surface area contributed by atoms with Crippen LogP contribution < -0.4 is 10.3 Å². The summed E-state index contributed by atoms with van der Waals surface area (Å²) in [4.78, 5) is 25.5. The van der Waals surface area contributed by atoms with Crippen LogP contribution in [-0.4, -0.2) is 27.4 Å². The molecule has 2 rings (SSSR count). The number of carbonyl (C=O) groups excluding carboxylic acids is 2. The van der Waals surface area contributed by atoms with Crippen molar-refractivity contribution in [2.45, 2.75) is 11.8 Å². The van der Waals surface area contributed by atoms with Gasteiger partial charge in [-0.15, -0.1) is 4.83 Å². The second-order valence-electron chi connectivity index (χ2n) is 5.06. The summed E-state index contributed by atoms with van der Waals surface area (Å²) in [6.45, 7) is 1.87. The van der Waals surface area contributed by atoms with E-state index in [0.29, 0.717) is 4.47 Å². The number of methoxy groups -OCH3 is 1. The summed E-state index contributed by atoms with van der Waals surface area (Å²) < 4.78 is 30.0. The minimum atomic E-state index is -4.18. The molecule has 0 saturated carbocycles.